The molecular formula is C14H19N3O. The van der Waals surface area contributed by atoms with Gasteiger partial charge in [-0.05, 0) is 38.8 Å². The molecule has 1 heterocycles. The van der Waals surface area contributed by atoms with Gasteiger partial charge < -0.3 is 9.84 Å². The fourth-order valence-corrected chi connectivity index (χ4v) is 2.07. The second-order valence-electron chi connectivity index (χ2n) is 4.70. The van der Waals surface area contributed by atoms with Crippen molar-refractivity contribution < 1.29 is 4.52 Å². The highest BCUT2D eigenvalue weighted by Gasteiger charge is 2.10. The lowest BCUT2D eigenvalue weighted by molar-refractivity contribution is 0.357. The summed E-state index contributed by atoms with van der Waals surface area (Å²) in [6.45, 7) is 8.80. The number of aromatic nitrogens is 2. The molecule has 0 fully saturated rings. The molecule has 1 aromatic heterocycles. The summed E-state index contributed by atoms with van der Waals surface area (Å²) < 4.78 is 5.08. The summed E-state index contributed by atoms with van der Waals surface area (Å²) in [5.74, 6) is 1.30. The molecule has 4 heteroatoms. The Kier molecular flexibility index (Phi) is 3.77. The van der Waals surface area contributed by atoms with Crippen molar-refractivity contribution in [3.8, 4) is 0 Å². The number of nitrogens with one attached hydrogen (secondary N) is 1. The van der Waals surface area contributed by atoms with E-state index in [0.717, 1.165) is 0 Å². The van der Waals surface area contributed by atoms with Crippen LogP contribution in [-0.2, 0) is 6.54 Å². The smallest absolute Gasteiger partial charge is 0.240 e. The summed E-state index contributed by atoms with van der Waals surface area (Å²) >= 11 is 0. The van der Waals surface area contributed by atoms with E-state index in [-0.39, 0.29) is 6.04 Å². The van der Waals surface area contributed by atoms with Crippen LogP contribution in [-0.4, -0.2) is 10.1 Å². The summed E-state index contributed by atoms with van der Waals surface area (Å²) in [6, 6.07) is 6.76. The number of hydrogen-bond donors (Lipinski definition) is 1. The SMILES string of the molecule is Cc1ccc(C(C)NCc2nc(C)no2)c(C)c1. The normalized spacial score (nSPS) is 12.7. The van der Waals surface area contributed by atoms with Crippen LogP contribution in [0.15, 0.2) is 22.7 Å². The Morgan fingerprint density at radius 2 is 2.06 bits per heavy atom. The standard InChI is InChI=1S/C14H19N3O/c1-9-5-6-13(10(2)7-9)11(3)15-8-14-16-12(4)17-18-14/h5-7,11,15H,8H2,1-4H3. The first kappa shape index (κ1) is 12.8. The van der Waals surface area contributed by atoms with Crippen LogP contribution in [0.5, 0.6) is 0 Å². The largest absolute Gasteiger partial charge is 0.338 e. The molecule has 1 N–H and O–H groups in total. The Morgan fingerprint density at radius 3 is 2.67 bits per heavy atom. The van der Waals surface area contributed by atoms with E-state index in [4.69, 9.17) is 4.52 Å². The molecule has 0 saturated carbocycles. The van der Waals surface area contributed by atoms with Crippen LogP contribution in [0.2, 0.25) is 0 Å². The lowest BCUT2D eigenvalue weighted by Gasteiger charge is -2.15. The molecule has 0 aliphatic carbocycles. The third-order valence-corrected chi connectivity index (χ3v) is 3.02. The molecule has 2 rings (SSSR count). The molecule has 1 unspecified atom stereocenters. The molecule has 0 aliphatic heterocycles. The van der Waals surface area contributed by atoms with Gasteiger partial charge in [0.2, 0.25) is 5.89 Å². The molecule has 0 saturated heterocycles. The first-order valence-electron chi connectivity index (χ1n) is 6.16. The van der Waals surface area contributed by atoms with E-state index >= 15 is 0 Å². The molecule has 18 heavy (non-hydrogen) atoms. The molecule has 0 aliphatic rings. The Balaban J connectivity index is 2.01. The first-order chi connectivity index (χ1) is 8.56. The molecule has 96 valence electrons. The van der Waals surface area contributed by atoms with Crippen LogP contribution < -0.4 is 5.32 Å². The maximum absolute atomic E-state index is 5.08. The van der Waals surface area contributed by atoms with Gasteiger partial charge in [0.1, 0.15) is 0 Å². The van der Waals surface area contributed by atoms with Gasteiger partial charge in [0.05, 0.1) is 6.54 Å². The topological polar surface area (TPSA) is 51.0 Å². The van der Waals surface area contributed by atoms with Crippen LogP contribution in [0.1, 0.15) is 41.4 Å². The van der Waals surface area contributed by atoms with Crippen molar-refractivity contribution in [2.45, 2.75) is 40.3 Å². The predicted octanol–water partition coefficient (Wildman–Crippen LogP) is 2.85. The number of hydrogen-bond acceptors (Lipinski definition) is 4. The van der Waals surface area contributed by atoms with Crippen molar-refractivity contribution in [1.82, 2.24) is 15.5 Å². The molecule has 4 nitrogen and oxygen atoms in total. The van der Waals surface area contributed by atoms with Gasteiger partial charge in [0.15, 0.2) is 5.82 Å². The Labute approximate surface area is 107 Å². The highest BCUT2D eigenvalue weighted by atomic mass is 16.5. The van der Waals surface area contributed by atoms with Gasteiger partial charge in [-0.25, -0.2) is 0 Å². The van der Waals surface area contributed by atoms with E-state index in [2.05, 4.69) is 54.4 Å². The van der Waals surface area contributed by atoms with Crippen LogP contribution in [0.25, 0.3) is 0 Å². The molecular weight excluding hydrogens is 226 g/mol. The molecule has 0 spiro atoms. The summed E-state index contributed by atoms with van der Waals surface area (Å²) in [5, 5.41) is 7.16. The van der Waals surface area contributed by atoms with Crippen LogP contribution in [0.3, 0.4) is 0 Å². The van der Waals surface area contributed by atoms with E-state index < -0.39 is 0 Å². The molecule has 1 atom stereocenters. The summed E-state index contributed by atoms with van der Waals surface area (Å²) in [7, 11) is 0. The summed E-state index contributed by atoms with van der Waals surface area (Å²) in [6.07, 6.45) is 0. The van der Waals surface area contributed by atoms with Crippen molar-refractivity contribution in [3.05, 3.63) is 46.6 Å². The number of benzene rings is 1. The van der Waals surface area contributed by atoms with Crippen molar-refractivity contribution in [2.24, 2.45) is 0 Å². The van der Waals surface area contributed by atoms with E-state index in [1.54, 1.807) is 0 Å². The van der Waals surface area contributed by atoms with Gasteiger partial charge in [-0.1, -0.05) is 28.9 Å². The number of rotatable bonds is 4. The highest BCUT2D eigenvalue weighted by Crippen LogP contribution is 2.18. The zero-order chi connectivity index (χ0) is 13.1. The lowest BCUT2D eigenvalue weighted by Crippen LogP contribution is -2.19. The van der Waals surface area contributed by atoms with Gasteiger partial charge in [-0.3, -0.25) is 0 Å². The van der Waals surface area contributed by atoms with E-state index in [9.17, 15) is 0 Å². The monoisotopic (exact) mass is 245 g/mol. The predicted molar refractivity (Wildman–Crippen MR) is 70.2 cm³/mol. The first-order valence-corrected chi connectivity index (χ1v) is 6.16. The molecule has 1 aromatic carbocycles. The average molecular weight is 245 g/mol. The van der Waals surface area contributed by atoms with Crippen molar-refractivity contribution in [1.29, 1.82) is 0 Å². The lowest BCUT2D eigenvalue weighted by atomic mass is 10.0. The van der Waals surface area contributed by atoms with Gasteiger partial charge in [-0.2, -0.15) is 4.98 Å². The van der Waals surface area contributed by atoms with E-state index in [0.29, 0.717) is 18.3 Å². The number of aryl methyl sites for hydroxylation is 3. The van der Waals surface area contributed by atoms with Crippen molar-refractivity contribution >= 4 is 0 Å². The van der Waals surface area contributed by atoms with Gasteiger partial charge in [0, 0.05) is 6.04 Å². The van der Waals surface area contributed by atoms with E-state index in [1.807, 2.05) is 6.92 Å². The number of nitrogens with zero attached hydrogens (tertiary/aromatic N) is 2. The van der Waals surface area contributed by atoms with Crippen molar-refractivity contribution in [3.63, 3.8) is 0 Å². The highest BCUT2D eigenvalue weighted by molar-refractivity contribution is 5.32. The maximum Gasteiger partial charge on any atom is 0.240 e. The minimum absolute atomic E-state index is 0.262. The summed E-state index contributed by atoms with van der Waals surface area (Å²) in [4.78, 5) is 4.17. The Hall–Kier alpha value is -1.68. The van der Waals surface area contributed by atoms with Crippen LogP contribution in [0, 0.1) is 20.8 Å². The fraction of sp³-hybridized carbons (Fsp3) is 0.429. The second-order valence-corrected chi connectivity index (χ2v) is 4.70. The minimum atomic E-state index is 0.262. The Bertz CT molecular complexity index is 534. The quantitative estimate of drug-likeness (QED) is 0.900. The minimum Gasteiger partial charge on any atom is -0.338 e. The van der Waals surface area contributed by atoms with Crippen LogP contribution in [0.4, 0.5) is 0 Å². The fourth-order valence-electron chi connectivity index (χ4n) is 2.07. The third-order valence-electron chi connectivity index (χ3n) is 3.02. The molecule has 0 amide bonds. The van der Waals surface area contributed by atoms with E-state index in [1.165, 1.54) is 16.7 Å². The zero-order valence-corrected chi connectivity index (χ0v) is 11.3. The van der Waals surface area contributed by atoms with Crippen LogP contribution >= 0.6 is 0 Å². The molecule has 2 aromatic rings. The van der Waals surface area contributed by atoms with Gasteiger partial charge >= 0.3 is 0 Å². The molecule has 0 bridgehead atoms. The summed E-state index contributed by atoms with van der Waals surface area (Å²) in [5.41, 5.74) is 3.89. The zero-order valence-electron chi connectivity index (χ0n) is 11.3. The second kappa shape index (κ2) is 5.31. The van der Waals surface area contributed by atoms with Gasteiger partial charge in [0.25, 0.3) is 0 Å². The Morgan fingerprint density at radius 1 is 1.28 bits per heavy atom. The average Bonchev–Trinajstić information content (AvgIpc) is 2.72. The maximum atomic E-state index is 5.08. The molecule has 0 radical (unpaired) electrons. The van der Waals surface area contributed by atoms with Crippen molar-refractivity contribution in [2.75, 3.05) is 0 Å². The third kappa shape index (κ3) is 2.96. The van der Waals surface area contributed by atoms with Gasteiger partial charge in [-0.15, -0.1) is 0 Å².